The van der Waals surface area contributed by atoms with Gasteiger partial charge in [-0.15, -0.1) is 0 Å². The van der Waals surface area contributed by atoms with E-state index in [1.807, 2.05) is 0 Å². The SMILES string of the molecule is Clc1nccc(OC[C@H]2CCCCN2)n1. The number of nitrogens with zero attached hydrogens (tertiary/aromatic N) is 2. The molecule has 2 heterocycles. The van der Waals surface area contributed by atoms with Crippen LogP contribution in [0.1, 0.15) is 19.3 Å². The molecule has 1 N–H and O–H groups in total. The first-order chi connectivity index (χ1) is 7.34. The molecule has 0 amide bonds. The van der Waals surface area contributed by atoms with Crippen LogP contribution >= 0.6 is 11.6 Å². The molecule has 1 saturated heterocycles. The van der Waals surface area contributed by atoms with Gasteiger partial charge in [-0.2, -0.15) is 4.98 Å². The second-order valence-corrected chi connectivity index (χ2v) is 3.96. The van der Waals surface area contributed by atoms with Crippen molar-refractivity contribution in [3.63, 3.8) is 0 Å². The van der Waals surface area contributed by atoms with Gasteiger partial charge in [0.05, 0.1) is 0 Å². The van der Waals surface area contributed by atoms with Crippen molar-refractivity contribution in [2.45, 2.75) is 25.3 Å². The molecule has 2 rings (SSSR count). The molecule has 0 spiro atoms. The average Bonchev–Trinajstić information content (AvgIpc) is 2.28. The third-order valence-electron chi connectivity index (χ3n) is 2.45. The van der Waals surface area contributed by atoms with E-state index in [1.54, 1.807) is 12.3 Å². The average molecular weight is 228 g/mol. The molecule has 0 aliphatic carbocycles. The number of ether oxygens (including phenoxy) is 1. The molecule has 1 atom stereocenters. The fourth-order valence-corrected chi connectivity index (χ4v) is 1.79. The Labute approximate surface area is 94.0 Å². The van der Waals surface area contributed by atoms with E-state index in [0.717, 1.165) is 6.54 Å². The van der Waals surface area contributed by atoms with Crippen LogP contribution in [0.3, 0.4) is 0 Å². The summed E-state index contributed by atoms with van der Waals surface area (Å²) >= 11 is 5.65. The van der Waals surface area contributed by atoms with Gasteiger partial charge in [-0.25, -0.2) is 4.98 Å². The van der Waals surface area contributed by atoms with Crippen molar-refractivity contribution in [2.75, 3.05) is 13.2 Å². The van der Waals surface area contributed by atoms with E-state index in [9.17, 15) is 0 Å². The Morgan fingerprint density at radius 2 is 2.47 bits per heavy atom. The highest BCUT2D eigenvalue weighted by Crippen LogP contribution is 2.11. The van der Waals surface area contributed by atoms with E-state index >= 15 is 0 Å². The number of halogens is 1. The van der Waals surface area contributed by atoms with Crippen LogP contribution in [-0.2, 0) is 0 Å². The zero-order chi connectivity index (χ0) is 10.5. The fourth-order valence-electron chi connectivity index (χ4n) is 1.65. The van der Waals surface area contributed by atoms with Crippen LogP contribution in [0.5, 0.6) is 5.88 Å². The van der Waals surface area contributed by atoms with Gasteiger partial charge in [-0.1, -0.05) is 6.42 Å². The number of hydrogen-bond acceptors (Lipinski definition) is 4. The predicted octanol–water partition coefficient (Wildman–Crippen LogP) is 1.65. The van der Waals surface area contributed by atoms with Crippen LogP contribution in [0.15, 0.2) is 12.3 Å². The van der Waals surface area contributed by atoms with Crippen molar-refractivity contribution < 1.29 is 4.74 Å². The van der Waals surface area contributed by atoms with Gasteiger partial charge in [0, 0.05) is 18.3 Å². The minimum atomic E-state index is 0.226. The number of nitrogens with one attached hydrogen (secondary N) is 1. The summed E-state index contributed by atoms with van der Waals surface area (Å²) in [5.74, 6) is 0.544. The fraction of sp³-hybridized carbons (Fsp3) is 0.600. The van der Waals surface area contributed by atoms with Crippen molar-refractivity contribution in [3.8, 4) is 5.88 Å². The zero-order valence-corrected chi connectivity index (χ0v) is 9.20. The molecule has 0 saturated carbocycles. The number of aromatic nitrogens is 2. The number of rotatable bonds is 3. The molecule has 0 bridgehead atoms. The zero-order valence-electron chi connectivity index (χ0n) is 8.45. The summed E-state index contributed by atoms with van der Waals surface area (Å²) in [5, 5.41) is 3.63. The maximum atomic E-state index is 5.65. The Balaban J connectivity index is 1.81. The standard InChI is InChI=1S/C10H14ClN3O/c11-10-13-6-4-9(14-10)15-7-8-3-1-2-5-12-8/h4,6,8,12H,1-3,5,7H2/t8-/m1/s1. The van der Waals surface area contributed by atoms with Gasteiger partial charge in [0.25, 0.3) is 0 Å². The van der Waals surface area contributed by atoms with E-state index in [0.29, 0.717) is 18.5 Å². The normalized spacial score (nSPS) is 21.3. The molecule has 5 heteroatoms. The van der Waals surface area contributed by atoms with Crippen LogP contribution in [0.2, 0.25) is 5.28 Å². The quantitative estimate of drug-likeness (QED) is 0.798. The van der Waals surface area contributed by atoms with E-state index in [1.165, 1.54) is 19.3 Å². The van der Waals surface area contributed by atoms with Gasteiger partial charge in [0.1, 0.15) is 6.61 Å². The molecule has 1 aromatic rings. The van der Waals surface area contributed by atoms with Crippen LogP contribution in [0.4, 0.5) is 0 Å². The Bertz CT molecular complexity index is 315. The maximum Gasteiger partial charge on any atom is 0.225 e. The molecule has 0 radical (unpaired) electrons. The van der Waals surface area contributed by atoms with Crippen molar-refractivity contribution in [1.82, 2.24) is 15.3 Å². The second kappa shape index (κ2) is 5.28. The maximum absolute atomic E-state index is 5.65. The molecule has 15 heavy (non-hydrogen) atoms. The number of hydrogen-bond donors (Lipinski definition) is 1. The van der Waals surface area contributed by atoms with E-state index < -0.39 is 0 Å². The Hall–Kier alpha value is -0.870. The summed E-state index contributed by atoms with van der Waals surface area (Å²) in [5.41, 5.74) is 0. The molecule has 1 aromatic heterocycles. The van der Waals surface area contributed by atoms with Crippen LogP contribution in [0.25, 0.3) is 0 Å². The molecule has 0 unspecified atom stereocenters. The molecule has 0 aromatic carbocycles. The Kier molecular flexibility index (Phi) is 3.75. The summed E-state index contributed by atoms with van der Waals surface area (Å²) in [4.78, 5) is 7.76. The minimum Gasteiger partial charge on any atom is -0.476 e. The highest BCUT2D eigenvalue weighted by Gasteiger charge is 2.13. The van der Waals surface area contributed by atoms with E-state index in [-0.39, 0.29) is 5.28 Å². The predicted molar refractivity (Wildman–Crippen MR) is 58.2 cm³/mol. The molecular formula is C10H14ClN3O. The van der Waals surface area contributed by atoms with E-state index in [4.69, 9.17) is 16.3 Å². The lowest BCUT2D eigenvalue weighted by Gasteiger charge is -2.23. The van der Waals surface area contributed by atoms with Gasteiger partial charge >= 0.3 is 0 Å². The van der Waals surface area contributed by atoms with Crippen molar-refractivity contribution in [3.05, 3.63) is 17.5 Å². The van der Waals surface area contributed by atoms with Crippen LogP contribution in [0, 0.1) is 0 Å². The van der Waals surface area contributed by atoms with E-state index in [2.05, 4.69) is 15.3 Å². The first kappa shape index (κ1) is 10.6. The first-order valence-electron chi connectivity index (χ1n) is 5.19. The molecular weight excluding hydrogens is 214 g/mol. The summed E-state index contributed by atoms with van der Waals surface area (Å²) in [7, 11) is 0. The lowest BCUT2D eigenvalue weighted by molar-refractivity contribution is 0.232. The second-order valence-electron chi connectivity index (χ2n) is 3.62. The lowest BCUT2D eigenvalue weighted by Crippen LogP contribution is -2.38. The Morgan fingerprint density at radius 1 is 1.53 bits per heavy atom. The molecule has 1 fully saturated rings. The lowest BCUT2D eigenvalue weighted by atomic mass is 10.1. The first-order valence-corrected chi connectivity index (χ1v) is 5.57. The molecule has 1 aliphatic rings. The molecule has 1 aliphatic heterocycles. The summed E-state index contributed by atoms with van der Waals surface area (Å²) in [6, 6.07) is 2.15. The molecule has 82 valence electrons. The van der Waals surface area contributed by atoms with Crippen molar-refractivity contribution in [2.24, 2.45) is 0 Å². The third kappa shape index (κ3) is 3.32. The van der Waals surface area contributed by atoms with Crippen molar-refractivity contribution in [1.29, 1.82) is 0 Å². The summed E-state index contributed by atoms with van der Waals surface area (Å²) < 4.78 is 5.53. The van der Waals surface area contributed by atoms with Crippen LogP contribution < -0.4 is 10.1 Å². The third-order valence-corrected chi connectivity index (χ3v) is 2.63. The highest BCUT2D eigenvalue weighted by molar-refractivity contribution is 6.28. The van der Waals surface area contributed by atoms with Crippen molar-refractivity contribution >= 4 is 11.6 Å². The van der Waals surface area contributed by atoms with Gasteiger partial charge in [-0.05, 0) is 31.0 Å². The summed E-state index contributed by atoms with van der Waals surface area (Å²) in [6.45, 7) is 1.73. The smallest absolute Gasteiger partial charge is 0.225 e. The highest BCUT2D eigenvalue weighted by atomic mass is 35.5. The largest absolute Gasteiger partial charge is 0.476 e. The van der Waals surface area contributed by atoms with Crippen LogP contribution in [-0.4, -0.2) is 29.2 Å². The molecule has 4 nitrogen and oxygen atoms in total. The summed E-state index contributed by atoms with van der Waals surface area (Å²) in [6.07, 6.45) is 5.29. The van der Waals surface area contributed by atoms with Gasteiger partial charge in [0.2, 0.25) is 11.2 Å². The van der Waals surface area contributed by atoms with Gasteiger partial charge < -0.3 is 10.1 Å². The topological polar surface area (TPSA) is 47.0 Å². The van der Waals surface area contributed by atoms with Gasteiger partial charge in [-0.3, -0.25) is 0 Å². The monoisotopic (exact) mass is 227 g/mol. The minimum absolute atomic E-state index is 0.226. The van der Waals surface area contributed by atoms with Gasteiger partial charge in [0.15, 0.2) is 0 Å². The number of piperidine rings is 1. The Morgan fingerprint density at radius 3 is 3.20 bits per heavy atom.